The van der Waals surface area contributed by atoms with Crippen LogP contribution in [0.15, 0.2) is 63.2 Å². The van der Waals surface area contributed by atoms with Gasteiger partial charge in [-0.25, -0.2) is 4.52 Å². The van der Waals surface area contributed by atoms with Gasteiger partial charge in [0.2, 0.25) is 0 Å². The lowest BCUT2D eigenvalue weighted by molar-refractivity contribution is -0.142. The number of rotatable bonds is 2. The molecule has 4 nitrogen and oxygen atoms in total. The van der Waals surface area contributed by atoms with Gasteiger partial charge in [-0.2, -0.15) is 23.3 Å². The first-order valence-corrected chi connectivity index (χ1v) is 6.96. The minimum atomic E-state index is -4.69. The van der Waals surface area contributed by atoms with E-state index in [-0.39, 0.29) is 5.65 Å². The zero-order chi connectivity index (χ0) is 15.7. The number of nitrogens with zero attached hydrogens (tertiary/aromatic N) is 3. The Balaban J connectivity index is 2.12. The van der Waals surface area contributed by atoms with Crippen LogP contribution in [0.1, 0.15) is 5.69 Å². The molecule has 2 aromatic heterocycles. The van der Waals surface area contributed by atoms with Crippen LogP contribution in [0.4, 0.5) is 13.2 Å². The number of alkyl halides is 3. The van der Waals surface area contributed by atoms with E-state index in [2.05, 4.69) is 10.1 Å². The van der Waals surface area contributed by atoms with Crippen LogP contribution >= 0.6 is 11.8 Å². The van der Waals surface area contributed by atoms with E-state index in [1.807, 2.05) is 30.3 Å². The summed E-state index contributed by atoms with van der Waals surface area (Å²) in [6.07, 6.45) is -4.69. The molecule has 0 spiro atoms. The molecule has 3 aromatic rings. The van der Waals surface area contributed by atoms with E-state index in [1.54, 1.807) is 0 Å². The van der Waals surface area contributed by atoms with E-state index >= 15 is 0 Å². The fraction of sp³-hybridized carbons (Fsp3) is 0.0714. The average molecular weight is 323 g/mol. The Morgan fingerprint density at radius 1 is 1.05 bits per heavy atom. The third-order valence-electron chi connectivity index (χ3n) is 2.76. The summed E-state index contributed by atoms with van der Waals surface area (Å²) in [6.45, 7) is 0. The zero-order valence-corrected chi connectivity index (χ0v) is 11.7. The van der Waals surface area contributed by atoms with Gasteiger partial charge >= 0.3 is 6.18 Å². The lowest BCUT2D eigenvalue weighted by Crippen LogP contribution is -2.20. The lowest BCUT2D eigenvalue weighted by atomic mass is 10.4. The van der Waals surface area contributed by atoms with Crippen molar-refractivity contribution >= 4 is 17.4 Å². The van der Waals surface area contributed by atoms with E-state index < -0.39 is 17.4 Å². The van der Waals surface area contributed by atoms with Gasteiger partial charge in [0, 0.05) is 11.0 Å². The maximum atomic E-state index is 13.0. The van der Waals surface area contributed by atoms with Crippen LogP contribution in [0.2, 0.25) is 0 Å². The summed E-state index contributed by atoms with van der Waals surface area (Å²) in [4.78, 5) is 15.6. The second-order valence-corrected chi connectivity index (χ2v) is 5.43. The molecule has 22 heavy (non-hydrogen) atoms. The minimum absolute atomic E-state index is 0.141. The summed E-state index contributed by atoms with van der Waals surface area (Å²) < 4.78 is 39.7. The molecule has 0 fully saturated rings. The number of benzene rings is 1. The summed E-state index contributed by atoms with van der Waals surface area (Å²) in [5.74, 6) is 0. The summed E-state index contributed by atoms with van der Waals surface area (Å²) >= 11 is 1.22. The maximum Gasteiger partial charge on any atom is 0.433 e. The molecule has 2 heterocycles. The molecule has 0 radical (unpaired) electrons. The first-order valence-electron chi connectivity index (χ1n) is 6.15. The Bertz CT molecular complexity index is 878. The quantitative estimate of drug-likeness (QED) is 0.726. The van der Waals surface area contributed by atoms with Crippen LogP contribution in [-0.2, 0) is 6.18 Å². The summed E-state index contributed by atoms with van der Waals surface area (Å²) in [7, 11) is 0. The number of fused-ring (bicyclic) bond motifs is 1. The molecule has 8 heteroatoms. The fourth-order valence-corrected chi connectivity index (χ4v) is 2.64. The van der Waals surface area contributed by atoms with Crippen LogP contribution in [-0.4, -0.2) is 14.6 Å². The number of hydrogen-bond donors (Lipinski definition) is 0. The molecule has 0 aliphatic rings. The minimum Gasteiger partial charge on any atom is -0.267 e. The van der Waals surface area contributed by atoms with Gasteiger partial charge in [0.1, 0.15) is 5.03 Å². The van der Waals surface area contributed by atoms with Gasteiger partial charge in [-0.3, -0.25) is 4.79 Å². The SMILES string of the molecule is O=c1cc(C(F)(F)F)n2nc(Sc3ccccc3)ccc2n1. The maximum absolute atomic E-state index is 13.0. The van der Waals surface area contributed by atoms with Crippen molar-refractivity contribution in [1.29, 1.82) is 0 Å². The Kier molecular flexibility index (Phi) is 3.61. The second-order valence-electron chi connectivity index (χ2n) is 4.33. The topological polar surface area (TPSA) is 47.3 Å². The van der Waals surface area contributed by atoms with E-state index in [0.717, 1.165) is 4.90 Å². The van der Waals surface area contributed by atoms with Gasteiger partial charge in [-0.15, -0.1) is 0 Å². The highest BCUT2D eigenvalue weighted by Crippen LogP contribution is 2.30. The van der Waals surface area contributed by atoms with Crippen LogP contribution in [0.25, 0.3) is 5.65 Å². The van der Waals surface area contributed by atoms with Gasteiger partial charge in [0.05, 0.1) is 0 Å². The normalized spacial score (nSPS) is 11.8. The number of aromatic nitrogens is 3. The Morgan fingerprint density at radius 3 is 2.45 bits per heavy atom. The molecule has 0 saturated heterocycles. The molecule has 0 aliphatic carbocycles. The second kappa shape index (κ2) is 5.45. The molecule has 0 atom stereocenters. The molecule has 0 amide bonds. The predicted octanol–water partition coefficient (Wildman–Crippen LogP) is 3.26. The average Bonchev–Trinajstić information content (AvgIpc) is 2.47. The van der Waals surface area contributed by atoms with Gasteiger partial charge < -0.3 is 0 Å². The third kappa shape index (κ3) is 2.96. The highest BCUT2D eigenvalue weighted by Gasteiger charge is 2.34. The third-order valence-corrected chi connectivity index (χ3v) is 3.69. The number of halogens is 3. The molecule has 1 aromatic carbocycles. The first kappa shape index (κ1) is 14.6. The van der Waals surface area contributed by atoms with E-state index in [4.69, 9.17) is 0 Å². The number of hydrogen-bond acceptors (Lipinski definition) is 4. The first-order chi connectivity index (χ1) is 10.4. The van der Waals surface area contributed by atoms with Gasteiger partial charge in [-0.05, 0) is 24.3 Å². The molecular weight excluding hydrogens is 315 g/mol. The van der Waals surface area contributed by atoms with Gasteiger partial charge in [-0.1, -0.05) is 30.0 Å². The lowest BCUT2D eigenvalue weighted by Gasteiger charge is -2.11. The van der Waals surface area contributed by atoms with Crippen molar-refractivity contribution in [1.82, 2.24) is 14.6 Å². The van der Waals surface area contributed by atoms with Gasteiger partial charge in [0.15, 0.2) is 11.3 Å². The van der Waals surface area contributed by atoms with Crippen LogP contribution < -0.4 is 5.56 Å². The molecule has 0 bridgehead atoms. The van der Waals surface area contributed by atoms with Crippen molar-refractivity contribution in [3.8, 4) is 0 Å². The smallest absolute Gasteiger partial charge is 0.267 e. The molecule has 0 aliphatic heterocycles. The zero-order valence-electron chi connectivity index (χ0n) is 10.9. The molecular formula is C14H8F3N3OS. The molecule has 112 valence electrons. The molecule has 0 saturated carbocycles. The molecule has 0 unspecified atom stereocenters. The molecule has 3 rings (SSSR count). The Labute approximate surface area is 126 Å². The van der Waals surface area contributed by atoms with E-state index in [1.165, 1.54) is 23.9 Å². The summed E-state index contributed by atoms with van der Waals surface area (Å²) in [5.41, 5.74) is -2.23. The summed E-state index contributed by atoms with van der Waals surface area (Å²) in [5, 5.41) is 4.31. The highest BCUT2D eigenvalue weighted by molar-refractivity contribution is 7.99. The van der Waals surface area contributed by atoms with Crippen molar-refractivity contribution in [2.45, 2.75) is 16.1 Å². The highest BCUT2D eigenvalue weighted by atomic mass is 32.2. The predicted molar refractivity (Wildman–Crippen MR) is 74.8 cm³/mol. The van der Waals surface area contributed by atoms with Crippen molar-refractivity contribution < 1.29 is 13.2 Å². The van der Waals surface area contributed by atoms with E-state index in [9.17, 15) is 18.0 Å². The van der Waals surface area contributed by atoms with Crippen LogP contribution in [0.5, 0.6) is 0 Å². The van der Waals surface area contributed by atoms with Gasteiger partial charge in [0.25, 0.3) is 5.56 Å². The fourth-order valence-electron chi connectivity index (χ4n) is 1.85. The van der Waals surface area contributed by atoms with Crippen molar-refractivity contribution in [3.63, 3.8) is 0 Å². The largest absolute Gasteiger partial charge is 0.433 e. The standard InChI is InChI=1S/C14H8F3N3OS/c15-14(16,17)10-8-12(21)18-11-6-7-13(19-20(10)11)22-9-4-2-1-3-5-9/h1-8H. The summed E-state index contributed by atoms with van der Waals surface area (Å²) in [6, 6.07) is 12.4. The monoisotopic (exact) mass is 323 g/mol. The Hall–Kier alpha value is -2.35. The Morgan fingerprint density at radius 2 is 1.77 bits per heavy atom. The van der Waals surface area contributed by atoms with Crippen molar-refractivity contribution in [3.05, 3.63) is 64.6 Å². The molecule has 0 N–H and O–H groups in total. The van der Waals surface area contributed by atoms with Crippen molar-refractivity contribution in [2.75, 3.05) is 0 Å². The van der Waals surface area contributed by atoms with Crippen LogP contribution in [0, 0.1) is 0 Å². The van der Waals surface area contributed by atoms with Crippen LogP contribution in [0.3, 0.4) is 0 Å². The van der Waals surface area contributed by atoms with E-state index in [0.29, 0.717) is 15.6 Å². The van der Waals surface area contributed by atoms with Crippen molar-refractivity contribution in [2.24, 2.45) is 0 Å².